The van der Waals surface area contributed by atoms with Crippen molar-refractivity contribution in [3.63, 3.8) is 0 Å². The number of hydrogen-bond donors (Lipinski definition) is 1. The van der Waals surface area contributed by atoms with Gasteiger partial charge in [0, 0.05) is 11.3 Å². The van der Waals surface area contributed by atoms with E-state index in [4.69, 9.17) is 0 Å². The van der Waals surface area contributed by atoms with Crippen LogP contribution in [-0.4, -0.2) is 16.7 Å². The number of thioether (sulfide) groups is 1. The molecule has 1 N–H and O–H groups in total. The second kappa shape index (κ2) is 6.28. The highest BCUT2D eigenvalue weighted by molar-refractivity contribution is 7.99. The van der Waals surface area contributed by atoms with Crippen molar-refractivity contribution in [2.45, 2.75) is 51.2 Å². The maximum Gasteiger partial charge on any atom is 0.233 e. The molecule has 0 spiro atoms. The van der Waals surface area contributed by atoms with E-state index in [0.717, 1.165) is 5.75 Å². The first-order chi connectivity index (χ1) is 8.28. The molecule has 0 aliphatic rings. The van der Waals surface area contributed by atoms with Gasteiger partial charge in [0.1, 0.15) is 0 Å². The quantitative estimate of drug-likeness (QED) is 0.902. The average molecular weight is 265 g/mol. The largest absolute Gasteiger partial charge is 0.351 e. The summed E-state index contributed by atoms with van der Waals surface area (Å²) in [5.41, 5.74) is 2.38. The van der Waals surface area contributed by atoms with Gasteiger partial charge in [-0.2, -0.15) is 0 Å². The smallest absolute Gasteiger partial charge is 0.233 e. The molecule has 1 aromatic carbocycles. The molecular weight excluding hydrogens is 242 g/mol. The lowest BCUT2D eigenvalue weighted by Gasteiger charge is -2.23. The van der Waals surface area contributed by atoms with Crippen LogP contribution in [0.15, 0.2) is 24.3 Å². The minimum Gasteiger partial charge on any atom is -0.351 e. The predicted octanol–water partition coefficient (Wildman–Crippen LogP) is 3.53. The first kappa shape index (κ1) is 15.1. The number of carbonyl (C=O) groups is 1. The Labute approximate surface area is 115 Å². The molecular formula is C15H23NOS. The number of aryl methyl sites for hydroxylation is 1. The number of nitrogens with one attached hydrogen (secondary N) is 1. The standard InChI is InChI=1S/C15H23NOS/c1-11-7-6-8-13(9-11)10-18-12(2)14(17)16-15(3,4)5/h6-9,12H,10H2,1-5H3,(H,16,17). The lowest BCUT2D eigenvalue weighted by molar-refractivity contribution is -0.121. The van der Waals surface area contributed by atoms with Crippen molar-refractivity contribution in [2.75, 3.05) is 0 Å². The third-order valence-corrected chi connectivity index (χ3v) is 3.66. The summed E-state index contributed by atoms with van der Waals surface area (Å²) >= 11 is 1.67. The van der Waals surface area contributed by atoms with E-state index in [1.54, 1.807) is 11.8 Å². The van der Waals surface area contributed by atoms with Crippen LogP contribution in [0.2, 0.25) is 0 Å². The van der Waals surface area contributed by atoms with Crippen molar-refractivity contribution in [3.05, 3.63) is 35.4 Å². The van der Waals surface area contributed by atoms with Crippen molar-refractivity contribution in [1.82, 2.24) is 5.32 Å². The Morgan fingerprint density at radius 2 is 2.06 bits per heavy atom. The molecule has 0 aliphatic heterocycles. The number of amides is 1. The van der Waals surface area contributed by atoms with Gasteiger partial charge in [-0.25, -0.2) is 0 Å². The molecule has 0 radical (unpaired) electrons. The molecule has 18 heavy (non-hydrogen) atoms. The fourth-order valence-electron chi connectivity index (χ4n) is 1.57. The van der Waals surface area contributed by atoms with E-state index in [0.29, 0.717) is 0 Å². The molecule has 0 bridgehead atoms. The highest BCUT2D eigenvalue weighted by Gasteiger charge is 2.19. The van der Waals surface area contributed by atoms with E-state index >= 15 is 0 Å². The summed E-state index contributed by atoms with van der Waals surface area (Å²) in [6.45, 7) is 10.1. The minimum absolute atomic E-state index is 0.0234. The SMILES string of the molecule is Cc1cccc(CSC(C)C(=O)NC(C)(C)C)c1. The highest BCUT2D eigenvalue weighted by Crippen LogP contribution is 2.19. The Kier molecular flexibility index (Phi) is 5.27. The molecule has 1 rings (SSSR count). The normalized spacial score (nSPS) is 13.2. The molecule has 3 heteroatoms. The van der Waals surface area contributed by atoms with Gasteiger partial charge in [0.15, 0.2) is 0 Å². The van der Waals surface area contributed by atoms with Crippen LogP contribution >= 0.6 is 11.8 Å². The van der Waals surface area contributed by atoms with Crippen molar-refractivity contribution < 1.29 is 4.79 Å². The molecule has 0 heterocycles. The van der Waals surface area contributed by atoms with Gasteiger partial charge in [-0.15, -0.1) is 11.8 Å². The van der Waals surface area contributed by atoms with E-state index in [-0.39, 0.29) is 16.7 Å². The summed E-state index contributed by atoms with van der Waals surface area (Å²) in [4.78, 5) is 11.9. The molecule has 1 unspecified atom stereocenters. The lowest BCUT2D eigenvalue weighted by Crippen LogP contribution is -2.44. The Bertz CT molecular complexity index is 409. The lowest BCUT2D eigenvalue weighted by atomic mass is 10.1. The van der Waals surface area contributed by atoms with E-state index in [1.807, 2.05) is 27.7 Å². The van der Waals surface area contributed by atoms with Gasteiger partial charge < -0.3 is 5.32 Å². The van der Waals surface area contributed by atoms with E-state index in [2.05, 4.69) is 36.5 Å². The zero-order valence-electron chi connectivity index (χ0n) is 11.9. The Morgan fingerprint density at radius 1 is 1.39 bits per heavy atom. The van der Waals surface area contributed by atoms with Crippen LogP contribution in [0, 0.1) is 6.92 Å². The first-order valence-corrected chi connectivity index (χ1v) is 7.32. The number of hydrogen-bond acceptors (Lipinski definition) is 2. The van der Waals surface area contributed by atoms with Crippen molar-refractivity contribution in [3.8, 4) is 0 Å². The van der Waals surface area contributed by atoms with Gasteiger partial charge in [-0.3, -0.25) is 4.79 Å². The topological polar surface area (TPSA) is 29.1 Å². The van der Waals surface area contributed by atoms with Gasteiger partial charge in [0.2, 0.25) is 5.91 Å². The van der Waals surface area contributed by atoms with Crippen LogP contribution in [0.1, 0.15) is 38.8 Å². The van der Waals surface area contributed by atoms with Gasteiger partial charge in [0.25, 0.3) is 0 Å². The van der Waals surface area contributed by atoms with Gasteiger partial charge in [0.05, 0.1) is 5.25 Å². The van der Waals surface area contributed by atoms with E-state index in [1.165, 1.54) is 11.1 Å². The first-order valence-electron chi connectivity index (χ1n) is 6.27. The number of rotatable bonds is 4. The summed E-state index contributed by atoms with van der Waals surface area (Å²) in [6.07, 6.45) is 0. The van der Waals surface area contributed by atoms with Crippen molar-refractivity contribution in [1.29, 1.82) is 0 Å². The molecule has 1 aromatic rings. The molecule has 0 fully saturated rings. The fourth-order valence-corrected chi connectivity index (χ4v) is 2.40. The second-order valence-electron chi connectivity index (χ2n) is 5.68. The zero-order valence-corrected chi connectivity index (χ0v) is 12.7. The maximum absolute atomic E-state index is 11.9. The number of benzene rings is 1. The molecule has 0 aliphatic carbocycles. The van der Waals surface area contributed by atoms with E-state index in [9.17, 15) is 4.79 Å². The minimum atomic E-state index is -0.158. The molecule has 1 atom stereocenters. The summed E-state index contributed by atoms with van der Waals surface area (Å²) in [5.74, 6) is 0.987. The van der Waals surface area contributed by atoms with Gasteiger partial charge in [-0.05, 0) is 40.2 Å². The van der Waals surface area contributed by atoms with Crippen LogP contribution in [0.5, 0.6) is 0 Å². The summed E-state index contributed by atoms with van der Waals surface area (Å²) in [5, 5.41) is 2.98. The Balaban J connectivity index is 2.46. The fraction of sp³-hybridized carbons (Fsp3) is 0.533. The molecule has 1 amide bonds. The Morgan fingerprint density at radius 3 is 2.61 bits per heavy atom. The van der Waals surface area contributed by atoms with Crippen LogP contribution in [-0.2, 0) is 10.5 Å². The van der Waals surface area contributed by atoms with Crippen LogP contribution in [0.3, 0.4) is 0 Å². The van der Waals surface area contributed by atoms with Crippen molar-refractivity contribution in [2.24, 2.45) is 0 Å². The maximum atomic E-state index is 11.9. The molecule has 100 valence electrons. The average Bonchev–Trinajstić information content (AvgIpc) is 2.23. The number of carbonyl (C=O) groups excluding carboxylic acids is 1. The summed E-state index contributed by atoms with van der Waals surface area (Å²) in [6, 6.07) is 8.42. The third kappa shape index (κ3) is 5.58. The third-order valence-electron chi connectivity index (χ3n) is 2.45. The molecule has 0 aromatic heterocycles. The van der Waals surface area contributed by atoms with E-state index < -0.39 is 0 Å². The summed E-state index contributed by atoms with van der Waals surface area (Å²) in [7, 11) is 0. The van der Waals surface area contributed by atoms with Crippen molar-refractivity contribution >= 4 is 17.7 Å². The predicted molar refractivity (Wildman–Crippen MR) is 79.8 cm³/mol. The Hall–Kier alpha value is -0.960. The van der Waals surface area contributed by atoms with Gasteiger partial charge in [-0.1, -0.05) is 29.8 Å². The molecule has 0 saturated heterocycles. The monoisotopic (exact) mass is 265 g/mol. The van der Waals surface area contributed by atoms with Gasteiger partial charge >= 0.3 is 0 Å². The highest BCUT2D eigenvalue weighted by atomic mass is 32.2. The van der Waals surface area contributed by atoms with Crippen LogP contribution in [0.25, 0.3) is 0 Å². The van der Waals surface area contributed by atoms with Crippen LogP contribution < -0.4 is 5.32 Å². The molecule has 0 saturated carbocycles. The second-order valence-corrected chi connectivity index (χ2v) is 7.01. The zero-order chi connectivity index (χ0) is 13.8. The van der Waals surface area contributed by atoms with Crippen LogP contribution in [0.4, 0.5) is 0 Å². The molecule has 2 nitrogen and oxygen atoms in total. The summed E-state index contributed by atoms with van der Waals surface area (Å²) < 4.78 is 0.